The van der Waals surface area contributed by atoms with E-state index in [0.717, 1.165) is 12.8 Å². The molecule has 1 saturated heterocycles. The van der Waals surface area contributed by atoms with Gasteiger partial charge < -0.3 is 9.15 Å². The summed E-state index contributed by atoms with van der Waals surface area (Å²) < 4.78 is 37.8. The predicted octanol–water partition coefficient (Wildman–Crippen LogP) is 1.59. The molecule has 1 fully saturated rings. The summed E-state index contributed by atoms with van der Waals surface area (Å²) in [4.78, 5) is 4.32. The fraction of sp³-hybridized carbons (Fsp3) is 0.462. The van der Waals surface area contributed by atoms with E-state index >= 15 is 0 Å². The average Bonchev–Trinajstić information content (AvgIpc) is 3.03. The van der Waals surface area contributed by atoms with Gasteiger partial charge in [0.05, 0.1) is 11.0 Å². The SMILES string of the molecule is Cc1nc2ccc(S(=O)(=O)NCC3CCCO3)cc2o1. The molecule has 1 aliphatic rings. The van der Waals surface area contributed by atoms with Gasteiger partial charge in [0.2, 0.25) is 10.0 Å². The maximum Gasteiger partial charge on any atom is 0.240 e. The number of oxazole rings is 1. The zero-order valence-electron chi connectivity index (χ0n) is 11.1. The number of aryl methyl sites for hydroxylation is 1. The van der Waals surface area contributed by atoms with Gasteiger partial charge in [-0.1, -0.05) is 0 Å². The second-order valence-electron chi connectivity index (χ2n) is 4.85. The summed E-state index contributed by atoms with van der Waals surface area (Å²) in [5.41, 5.74) is 1.13. The van der Waals surface area contributed by atoms with Crippen LogP contribution in [0.25, 0.3) is 11.1 Å². The molecule has 0 amide bonds. The monoisotopic (exact) mass is 296 g/mol. The van der Waals surface area contributed by atoms with Crippen LogP contribution in [0.4, 0.5) is 0 Å². The van der Waals surface area contributed by atoms with Gasteiger partial charge in [-0.2, -0.15) is 0 Å². The number of hydrogen-bond donors (Lipinski definition) is 1. The van der Waals surface area contributed by atoms with Crippen molar-refractivity contribution in [2.24, 2.45) is 0 Å². The molecular weight excluding hydrogens is 280 g/mol. The van der Waals surface area contributed by atoms with Crippen molar-refractivity contribution < 1.29 is 17.6 Å². The number of sulfonamides is 1. The first-order chi connectivity index (χ1) is 9.54. The highest BCUT2D eigenvalue weighted by Gasteiger charge is 2.21. The Morgan fingerprint density at radius 2 is 2.30 bits per heavy atom. The van der Waals surface area contributed by atoms with Crippen molar-refractivity contribution >= 4 is 21.1 Å². The van der Waals surface area contributed by atoms with Crippen LogP contribution in [0.5, 0.6) is 0 Å². The highest BCUT2D eigenvalue weighted by molar-refractivity contribution is 7.89. The van der Waals surface area contributed by atoms with Crippen LogP contribution >= 0.6 is 0 Å². The highest BCUT2D eigenvalue weighted by Crippen LogP contribution is 2.20. The van der Waals surface area contributed by atoms with Crippen LogP contribution < -0.4 is 4.72 Å². The van der Waals surface area contributed by atoms with Crippen molar-refractivity contribution in [2.75, 3.05) is 13.2 Å². The minimum absolute atomic E-state index is 0.0268. The summed E-state index contributed by atoms with van der Waals surface area (Å²) in [6.45, 7) is 2.73. The molecule has 2 heterocycles. The zero-order chi connectivity index (χ0) is 14.2. The number of rotatable bonds is 4. The molecule has 1 N–H and O–H groups in total. The van der Waals surface area contributed by atoms with Gasteiger partial charge in [0, 0.05) is 26.1 Å². The summed E-state index contributed by atoms with van der Waals surface area (Å²) in [5.74, 6) is 0.516. The van der Waals surface area contributed by atoms with Crippen molar-refractivity contribution in [2.45, 2.75) is 30.8 Å². The lowest BCUT2D eigenvalue weighted by Gasteiger charge is -2.11. The number of hydrogen-bond acceptors (Lipinski definition) is 5. The quantitative estimate of drug-likeness (QED) is 0.926. The summed E-state index contributed by atoms with van der Waals surface area (Å²) in [5, 5.41) is 0. The molecular formula is C13H16N2O4S. The van der Waals surface area contributed by atoms with E-state index in [4.69, 9.17) is 9.15 Å². The topological polar surface area (TPSA) is 81.4 Å². The van der Waals surface area contributed by atoms with Crippen LogP contribution in [0.3, 0.4) is 0 Å². The lowest BCUT2D eigenvalue weighted by atomic mass is 10.2. The Labute approximate surface area is 117 Å². The number of nitrogens with one attached hydrogen (secondary N) is 1. The molecule has 20 heavy (non-hydrogen) atoms. The van der Waals surface area contributed by atoms with Crippen molar-refractivity contribution in [3.05, 3.63) is 24.1 Å². The van der Waals surface area contributed by atoms with Crippen molar-refractivity contribution in [3.63, 3.8) is 0 Å². The Bertz CT molecular complexity index is 717. The third-order valence-electron chi connectivity index (χ3n) is 3.30. The Balaban J connectivity index is 1.80. The number of ether oxygens (including phenoxy) is 1. The third kappa shape index (κ3) is 2.70. The van der Waals surface area contributed by atoms with Crippen LogP contribution in [0.2, 0.25) is 0 Å². The molecule has 0 radical (unpaired) electrons. The highest BCUT2D eigenvalue weighted by atomic mass is 32.2. The molecule has 2 aromatic rings. The van der Waals surface area contributed by atoms with Gasteiger partial charge in [0.25, 0.3) is 0 Å². The summed E-state index contributed by atoms with van der Waals surface area (Å²) >= 11 is 0. The van der Waals surface area contributed by atoms with Gasteiger partial charge in [-0.25, -0.2) is 18.1 Å². The molecule has 7 heteroatoms. The van der Waals surface area contributed by atoms with E-state index in [1.165, 1.54) is 12.1 Å². The molecule has 1 aromatic heterocycles. The number of aromatic nitrogens is 1. The fourth-order valence-corrected chi connectivity index (χ4v) is 3.36. The lowest BCUT2D eigenvalue weighted by Crippen LogP contribution is -2.31. The Morgan fingerprint density at radius 1 is 1.45 bits per heavy atom. The van der Waals surface area contributed by atoms with Gasteiger partial charge in [-0.05, 0) is 25.0 Å². The zero-order valence-corrected chi connectivity index (χ0v) is 11.9. The second-order valence-corrected chi connectivity index (χ2v) is 6.62. The molecule has 0 aliphatic carbocycles. The van der Waals surface area contributed by atoms with E-state index in [0.29, 0.717) is 30.1 Å². The first-order valence-electron chi connectivity index (χ1n) is 6.53. The minimum atomic E-state index is -3.55. The first-order valence-corrected chi connectivity index (χ1v) is 8.01. The summed E-state index contributed by atoms with van der Waals surface area (Å²) in [6.07, 6.45) is 1.85. The van der Waals surface area contributed by atoms with E-state index in [1.54, 1.807) is 13.0 Å². The summed E-state index contributed by atoms with van der Waals surface area (Å²) in [7, 11) is -3.55. The van der Waals surface area contributed by atoms with E-state index in [2.05, 4.69) is 9.71 Å². The maximum absolute atomic E-state index is 12.2. The molecule has 0 saturated carbocycles. The van der Waals surface area contributed by atoms with Gasteiger partial charge in [0.15, 0.2) is 11.5 Å². The Kier molecular flexibility index (Phi) is 3.49. The van der Waals surface area contributed by atoms with Crippen LogP contribution in [0.1, 0.15) is 18.7 Å². The van der Waals surface area contributed by atoms with Gasteiger partial charge >= 0.3 is 0 Å². The average molecular weight is 296 g/mol. The van der Waals surface area contributed by atoms with Gasteiger partial charge in [-0.15, -0.1) is 0 Å². The third-order valence-corrected chi connectivity index (χ3v) is 4.72. The minimum Gasteiger partial charge on any atom is -0.441 e. The number of fused-ring (bicyclic) bond motifs is 1. The maximum atomic E-state index is 12.2. The van der Waals surface area contributed by atoms with E-state index in [9.17, 15) is 8.42 Å². The van der Waals surface area contributed by atoms with Crippen molar-refractivity contribution in [1.82, 2.24) is 9.71 Å². The van der Waals surface area contributed by atoms with Crippen LogP contribution in [0, 0.1) is 6.92 Å². The number of benzene rings is 1. The summed E-state index contributed by atoms with van der Waals surface area (Å²) in [6, 6.07) is 4.67. The molecule has 1 unspecified atom stereocenters. The van der Waals surface area contributed by atoms with Crippen LogP contribution in [-0.2, 0) is 14.8 Å². The smallest absolute Gasteiger partial charge is 0.240 e. The van der Waals surface area contributed by atoms with E-state index in [-0.39, 0.29) is 11.0 Å². The van der Waals surface area contributed by atoms with Gasteiger partial charge in [-0.3, -0.25) is 0 Å². The lowest BCUT2D eigenvalue weighted by molar-refractivity contribution is 0.114. The standard InChI is InChI=1S/C13H16N2O4S/c1-9-15-12-5-4-11(7-13(12)19-9)20(16,17)14-8-10-3-2-6-18-10/h4-5,7,10,14H,2-3,6,8H2,1H3. The molecule has 3 rings (SSSR count). The molecule has 1 aliphatic heterocycles. The molecule has 1 atom stereocenters. The second kappa shape index (κ2) is 5.16. The largest absolute Gasteiger partial charge is 0.441 e. The van der Waals surface area contributed by atoms with Crippen LogP contribution in [0.15, 0.2) is 27.5 Å². The predicted molar refractivity (Wildman–Crippen MR) is 72.9 cm³/mol. The van der Waals surface area contributed by atoms with Crippen molar-refractivity contribution in [3.8, 4) is 0 Å². The fourth-order valence-electron chi connectivity index (χ4n) is 2.28. The molecule has 108 valence electrons. The molecule has 6 nitrogen and oxygen atoms in total. The van der Waals surface area contributed by atoms with Crippen molar-refractivity contribution in [1.29, 1.82) is 0 Å². The Morgan fingerprint density at radius 3 is 3.05 bits per heavy atom. The van der Waals surface area contributed by atoms with E-state index < -0.39 is 10.0 Å². The normalized spacial score (nSPS) is 19.8. The van der Waals surface area contributed by atoms with E-state index in [1.807, 2.05) is 0 Å². The Hall–Kier alpha value is -1.44. The molecule has 0 spiro atoms. The van der Waals surface area contributed by atoms with Gasteiger partial charge in [0.1, 0.15) is 5.52 Å². The number of nitrogens with zero attached hydrogens (tertiary/aromatic N) is 1. The first kappa shape index (κ1) is 13.5. The molecule has 0 bridgehead atoms. The molecule has 1 aromatic carbocycles. The van der Waals surface area contributed by atoms with Crippen LogP contribution in [-0.4, -0.2) is 32.7 Å².